The molecule has 2 N–H and O–H groups in total. The van der Waals surface area contributed by atoms with E-state index in [1.165, 1.54) is 12.3 Å². The standard InChI is InChI=1S/C15H16FN3O/c1-10(12-7-13(16)9-18-8-12)19-14-5-3-11(4-6-14)15(20)17-2/h3-10,19H,1-2H3,(H,17,20). The van der Waals surface area contributed by atoms with Crippen molar-refractivity contribution < 1.29 is 9.18 Å². The minimum atomic E-state index is -0.355. The minimum absolute atomic E-state index is 0.0796. The van der Waals surface area contributed by atoms with Gasteiger partial charge in [-0.2, -0.15) is 0 Å². The van der Waals surface area contributed by atoms with E-state index in [-0.39, 0.29) is 17.8 Å². The van der Waals surface area contributed by atoms with Crippen molar-refractivity contribution >= 4 is 11.6 Å². The van der Waals surface area contributed by atoms with Crippen molar-refractivity contribution in [1.29, 1.82) is 0 Å². The second-order valence-corrected chi connectivity index (χ2v) is 4.46. The Morgan fingerprint density at radius 3 is 2.55 bits per heavy atom. The van der Waals surface area contributed by atoms with Gasteiger partial charge in [-0.3, -0.25) is 9.78 Å². The van der Waals surface area contributed by atoms with Crippen molar-refractivity contribution in [3.05, 3.63) is 59.7 Å². The van der Waals surface area contributed by atoms with Crippen molar-refractivity contribution in [1.82, 2.24) is 10.3 Å². The van der Waals surface area contributed by atoms with E-state index in [1.807, 2.05) is 19.1 Å². The van der Waals surface area contributed by atoms with Gasteiger partial charge in [-0.25, -0.2) is 4.39 Å². The summed E-state index contributed by atoms with van der Waals surface area (Å²) in [5.41, 5.74) is 2.22. The van der Waals surface area contributed by atoms with Gasteiger partial charge in [-0.15, -0.1) is 0 Å². The number of hydrogen-bond donors (Lipinski definition) is 2. The first-order valence-electron chi connectivity index (χ1n) is 6.29. The van der Waals surface area contributed by atoms with Gasteiger partial charge in [-0.05, 0) is 42.8 Å². The van der Waals surface area contributed by atoms with Crippen LogP contribution in [0.3, 0.4) is 0 Å². The lowest BCUT2D eigenvalue weighted by atomic mass is 10.1. The molecule has 0 radical (unpaired) electrons. The van der Waals surface area contributed by atoms with E-state index < -0.39 is 0 Å². The van der Waals surface area contributed by atoms with E-state index in [4.69, 9.17) is 0 Å². The lowest BCUT2D eigenvalue weighted by Crippen LogP contribution is -2.17. The molecule has 1 atom stereocenters. The molecule has 0 bridgehead atoms. The summed E-state index contributed by atoms with van der Waals surface area (Å²) in [5, 5.41) is 5.80. The number of benzene rings is 1. The summed E-state index contributed by atoms with van der Waals surface area (Å²) < 4.78 is 13.1. The molecule has 2 aromatic rings. The van der Waals surface area contributed by atoms with Gasteiger partial charge in [0.15, 0.2) is 0 Å². The minimum Gasteiger partial charge on any atom is -0.378 e. The highest BCUT2D eigenvalue weighted by Crippen LogP contribution is 2.19. The molecular formula is C15H16FN3O. The molecule has 0 saturated carbocycles. The van der Waals surface area contributed by atoms with Gasteiger partial charge in [-0.1, -0.05) is 0 Å². The van der Waals surface area contributed by atoms with Crippen LogP contribution < -0.4 is 10.6 Å². The predicted octanol–water partition coefficient (Wildman–Crippen LogP) is 2.75. The van der Waals surface area contributed by atoms with Crippen LogP contribution in [0, 0.1) is 5.82 Å². The lowest BCUT2D eigenvalue weighted by molar-refractivity contribution is 0.0963. The molecule has 1 amide bonds. The fraction of sp³-hybridized carbons (Fsp3) is 0.200. The molecule has 2 rings (SSSR count). The zero-order valence-electron chi connectivity index (χ0n) is 11.4. The monoisotopic (exact) mass is 273 g/mol. The van der Waals surface area contributed by atoms with E-state index in [9.17, 15) is 9.18 Å². The molecule has 0 spiro atoms. The van der Waals surface area contributed by atoms with Gasteiger partial charge < -0.3 is 10.6 Å². The highest BCUT2D eigenvalue weighted by Gasteiger charge is 2.08. The number of anilines is 1. The van der Waals surface area contributed by atoms with E-state index in [2.05, 4.69) is 15.6 Å². The molecule has 104 valence electrons. The van der Waals surface area contributed by atoms with Gasteiger partial charge in [0.2, 0.25) is 0 Å². The maximum atomic E-state index is 13.1. The Morgan fingerprint density at radius 1 is 1.25 bits per heavy atom. The highest BCUT2D eigenvalue weighted by molar-refractivity contribution is 5.94. The van der Waals surface area contributed by atoms with Crippen molar-refractivity contribution in [3.8, 4) is 0 Å². The zero-order valence-corrected chi connectivity index (χ0v) is 11.4. The third-order valence-electron chi connectivity index (χ3n) is 2.98. The number of pyridine rings is 1. The quantitative estimate of drug-likeness (QED) is 0.900. The number of aromatic nitrogens is 1. The Labute approximate surface area is 117 Å². The second-order valence-electron chi connectivity index (χ2n) is 4.46. The maximum Gasteiger partial charge on any atom is 0.251 e. The Hall–Kier alpha value is -2.43. The van der Waals surface area contributed by atoms with Crippen molar-refractivity contribution in [2.24, 2.45) is 0 Å². The zero-order chi connectivity index (χ0) is 14.5. The summed E-state index contributed by atoms with van der Waals surface area (Å²) in [6, 6.07) is 8.46. The Kier molecular flexibility index (Phi) is 4.30. The van der Waals surface area contributed by atoms with Crippen LogP contribution in [0.1, 0.15) is 28.9 Å². The number of nitrogens with one attached hydrogen (secondary N) is 2. The molecule has 4 nitrogen and oxygen atoms in total. The number of nitrogens with zero attached hydrogens (tertiary/aromatic N) is 1. The van der Waals surface area contributed by atoms with Crippen LogP contribution in [0.15, 0.2) is 42.7 Å². The van der Waals surface area contributed by atoms with Gasteiger partial charge in [0.1, 0.15) is 5.82 Å². The van der Waals surface area contributed by atoms with Crippen molar-refractivity contribution in [2.75, 3.05) is 12.4 Å². The third-order valence-corrected chi connectivity index (χ3v) is 2.98. The summed E-state index contributed by atoms with van der Waals surface area (Å²) in [7, 11) is 1.59. The average molecular weight is 273 g/mol. The van der Waals surface area contributed by atoms with Crippen LogP contribution in [0.4, 0.5) is 10.1 Å². The molecule has 20 heavy (non-hydrogen) atoms. The highest BCUT2D eigenvalue weighted by atomic mass is 19.1. The Balaban J connectivity index is 2.08. The van der Waals surface area contributed by atoms with Crippen LogP contribution in [-0.4, -0.2) is 17.9 Å². The number of hydrogen-bond acceptors (Lipinski definition) is 3. The van der Waals surface area contributed by atoms with Crippen molar-refractivity contribution in [2.45, 2.75) is 13.0 Å². The fourth-order valence-electron chi connectivity index (χ4n) is 1.86. The SMILES string of the molecule is CNC(=O)c1ccc(NC(C)c2cncc(F)c2)cc1. The third kappa shape index (κ3) is 3.32. The van der Waals surface area contributed by atoms with Crippen LogP contribution in [0.2, 0.25) is 0 Å². The van der Waals surface area contributed by atoms with Crippen LogP contribution in [0.5, 0.6) is 0 Å². The van der Waals surface area contributed by atoms with Crippen molar-refractivity contribution in [3.63, 3.8) is 0 Å². The molecule has 0 aliphatic carbocycles. The lowest BCUT2D eigenvalue weighted by Gasteiger charge is -2.15. The summed E-state index contributed by atoms with van der Waals surface area (Å²) in [6.07, 6.45) is 2.80. The fourth-order valence-corrected chi connectivity index (χ4v) is 1.86. The summed E-state index contributed by atoms with van der Waals surface area (Å²) in [6.45, 7) is 1.92. The van der Waals surface area contributed by atoms with Crippen LogP contribution in [-0.2, 0) is 0 Å². The number of amides is 1. The van der Waals surface area contributed by atoms with Crippen LogP contribution >= 0.6 is 0 Å². The van der Waals surface area contributed by atoms with Gasteiger partial charge in [0.05, 0.1) is 12.2 Å². The largest absolute Gasteiger partial charge is 0.378 e. The molecule has 0 aliphatic heterocycles. The van der Waals surface area contributed by atoms with E-state index in [1.54, 1.807) is 25.4 Å². The summed E-state index contributed by atoms with van der Waals surface area (Å²) >= 11 is 0. The van der Waals surface area contributed by atoms with Gasteiger partial charge in [0.25, 0.3) is 5.91 Å². The van der Waals surface area contributed by atoms with Gasteiger partial charge >= 0.3 is 0 Å². The Bertz CT molecular complexity index is 598. The number of halogens is 1. The molecule has 1 unspecified atom stereocenters. The molecule has 1 aromatic carbocycles. The van der Waals surface area contributed by atoms with Gasteiger partial charge in [0, 0.05) is 24.5 Å². The molecule has 0 fully saturated rings. The number of rotatable bonds is 4. The molecule has 0 aliphatic rings. The molecule has 1 aromatic heterocycles. The predicted molar refractivity (Wildman–Crippen MR) is 76.1 cm³/mol. The number of carbonyl (C=O) groups is 1. The molecule has 1 heterocycles. The summed E-state index contributed by atoms with van der Waals surface area (Å²) in [4.78, 5) is 15.3. The van der Waals surface area contributed by atoms with E-state index in [0.717, 1.165) is 11.3 Å². The van der Waals surface area contributed by atoms with E-state index in [0.29, 0.717) is 5.56 Å². The summed E-state index contributed by atoms with van der Waals surface area (Å²) in [5.74, 6) is -0.481. The van der Waals surface area contributed by atoms with E-state index >= 15 is 0 Å². The topological polar surface area (TPSA) is 54.0 Å². The molecule has 5 heteroatoms. The normalized spacial score (nSPS) is 11.8. The number of carbonyl (C=O) groups excluding carboxylic acids is 1. The maximum absolute atomic E-state index is 13.1. The molecule has 0 saturated heterocycles. The van der Waals surface area contributed by atoms with Crippen LogP contribution in [0.25, 0.3) is 0 Å². The smallest absolute Gasteiger partial charge is 0.251 e. The first-order chi connectivity index (χ1) is 9.60. The molecular weight excluding hydrogens is 257 g/mol. The first kappa shape index (κ1) is 14.0. The Morgan fingerprint density at radius 2 is 1.95 bits per heavy atom. The second kappa shape index (κ2) is 6.14. The first-order valence-corrected chi connectivity index (χ1v) is 6.29. The average Bonchev–Trinajstić information content (AvgIpc) is 2.47.